The van der Waals surface area contributed by atoms with E-state index in [9.17, 15) is 13.6 Å². The van der Waals surface area contributed by atoms with E-state index in [0.717, 1.165) is 25.7 Å². The van der Waals surface area contributed by atoms with E-state index in [1.807, 2.05) is 6.08 Å². The van der Waals surface area contributed by atoms with Crippen molar-refractivity contribution in [1.29, 1.82) is 0 Å². The summed E-state index contributed by atoms with van der Waals surface area (Å²) in [7, 11) is 1.36. The molecule has 1 aliphatic heterocycles. The van der Waals surface area contributed by atoms with Crippen molar-refractivity contribution in [3.05, 3.63) is 42.0 Å². The van der Waals surface area contributed by atoms with Crippen molar-refractivity contribution in [2.45, 2.75) is 50.5 Å². The quantitative estimate of drug-likeness (QED) is 0.486. The van der Waals surface area contributed by atoms with Gasteiger partial charge in [-0.15, -0.1) is 10.2 Å². The second-order valence-electron chi connectivity index (χ2n) is 8.04. The zero-order chi connectivity index (χ0) is 23.9. The van der Waals surface area contributed by atoms with E-state index >= 15 is 0 Å². The molecule has 9 nitrogen and oxygen atoms in total. The highest BCUT2D eigenvalue weighted by molar-refractivity contribution is 7.19. The summed E-state index contributed by atoms with van der Waals surface area (Å²) < 4.78 is 34.7. The molecule has 2 aliphatic rings. The molecule has 3 N–H and O–H groups in total. The van der Waals surface area contributed by atoms with Crippen LogP contribution in [0.1, 0.15) is 37.4 Å². The third-order valence-electron chi connectivity index (χ3n) is 5.82. The first-order valence-corrected chi connectivity index (χ1v) is 11.8. The van der Waals surface area contributed by atoms with E-state index in [2.05, 4.69) is 42.2 Å². The Hall–Kier alpha value is -3.12. The fraction of sp³-hybridized carbons (Fsp3) is 0.455. The largest absolute Gasteiger partial charge is 0.435 e. The van der Waals surface area contributed by atoms with Gasteiger partial charge in [-0.25, -0.2) is 0 Å². The highest BCUT2D eigenvalue weighted by Crippen LogP contribution is 2.31. The van der Waals surface area contributed by atoms with Crippen LogP contribution in [-0.2, 0) is 9.53 Å². The molecule has 0 radical (unpaired) electrons. The Morgan fingerprint density at radius 3 is 2.71 bits per heavy atom. The van der Waals surface area contributed by atoms with E-state index in [1.165, 1.54) is 36.6 Å². The number of aromatic nitrogens is 2. The van der Waals surface area contributed by atoms with E-state index in [0.29, 0.717) is 21.7 Å². The van der Waals surface area contributed by atoms with Crippen LogP contribution in [0.15, 0.2) is 41.5 Å². The molecular weight excluding hydrogens is 466 g/mol. The van der Waals surface area contributed by atoms with Crippen LogP contribution < -0.4 is 20.8 Å². The first-order valence-electron chi connectivity index (χ1n) is 11.0. The number of carbonyl (C=O) groups is 1. The third-order valence-corrected chi connectivity index (χ3v) is 6.59. The molecule has 34 heavy (non-hydrogen) atoms. The highest BCUT2D eigenvalue weighted by atomic mass is 32.1. The Morgan fingerprint density at radius 1 is 1.21 bits per heavy atom. The number of methoxy groups -OCH3 is 1. The van der Waals surface area contributed by atoms with Crippen LogP contribution in [0.25, 0.3) is 0 Å². The molecule has 1 aliphatic carbocycles. The van der Waals surface area contributed by atoms with Gasteiger partial charge in [-0.05, 0) is 55.4 Å². The average Bonchev–Trinajstić information content (AvgIpc) is 3.27. The number of amides is 1. The molecule has 1 saturated carbocycles. The molecule has 2 heterocycles. The number of hydrogen-bond donors (Lipinski definition) is 3. The Kier molecular flexibility index (Phi) is 8.01. The Bertz CT molecular complexity index is 1030. The lowest BCUT2D eigenvalue weighted by Crippen LogP contribution is -2.37. The number of hydrazone groups is 1. The van der Waals surface area contributed by atoms with Crippen LogP contribution >= 0.6 is 11.3 Å². The summed E-state index contributed by atoms with van der Waals surface area (Å²) in [6.07, 6.45) is 9.01. The smallest absolute Gasteiger partial charge is 0.387 e. The standard InChI is InChI=1S/C22H26F2N6O3S/c1-32-18(14-4-2-5-16(12-14)33-20(23)24)19(31)27-22-30-29-21(34-22)26-15-9-7-13(8-10-15)17-6-3-11-25-28-17/h2-6,11-13,15,17-18,20,28H,7-10H2,1H3,(H,26,29)(H,27,30,31). The normalized spacial score (nSPS) is 22.8. The molecule has 2 aromatic rings. The zero-order valence-electron chi connectivity index (χ0n) is 18.5. The Labute approximate surface area is 199 Å². The number of allylic oxidation sites excluding steroid dienone is 1. The number of nitrogens with zero attached hydrogens (tertiary/aromatic N) is 3. The topological polar surface area (TPSA) is 110 Å². The van der Waals surface area contributed by atoms with E-state index < -0.39 is 18.6 Å². The molecule has 4 rings (SSSR count). The monoisotopic (exact) mass is 492 g/mol. The molecule has 1 fully saturated rings. The summed E-state index contributed by atoms with van der Waals surface area (Å²) in [5, 5.41) is 19.3. The number of benzene rings is 1. The van der Waals surface area contributed by atoms with Crippen molar-refractivity contribution in [2.75, 3.05) is 17.7 Å². The maximum atomic E-state index is 12.7. The van der Waals surface area contributed by atoms with Crippen LogP contribution in [0.5, 0.6) is 5.75 Å². The fourth-order valence-electron chi connectivity index (χ4n) is 4.20. The van der Waals surface area contributed by atoms with Crippen molar-refractivity contribution in [2.24, 2.45) is 11.0 Å². The minimum atomic E-state index is -2.96. The van der Waals surface area contributed by atoms with Crippen molar-refractivity contribution in [3.8, 4) is 5.75 Å². The predicted molar refractivity (Wildman–Crippen MR) is 125 cm³/mol. The zero-order valence-corrected chi connectivity index (χ0v) is 19.3. The SMILES string of the molecule is COC(C(=O)Nc1nnc(NC2CCC(C3C=CC=NN3)CC2)s1)c1cccc(OC(F)F)c1. The van der Waals surface area contributed by atoms with Gasteiger partial charge in [0.1, 0.15) is 5.75 Å². The van der Waals surface area contributed by atoms with Crippen LogP contribution in [-0.4, -0.2) is 48.1 Å². The van der Waals surface area contributed by atoms with Gasteiger partial charge in [0, 0.05) is 19.4 Å². The Morgan fingerprint density at radius 2 is 2.00 bits per heavy atom. The summed E-state index contributed by atoms with van der Waals surface area (Å²) in [6.45, 7) is -2.96. The second-order valence-corrected chi connectivity index (χ2v) is 9.02. The lowest BCUT2D eigenvalue weighted by atomic mass is 9.81. The van der Waals surface area contributed by atoms with Crippen molar-refractivity contribution < 1.29 is 23.0 Å². The third kappa shape index (κ3) is 6.26. The van der Waals surface area contributed by atoms with Crippen molar-refractivity contribution in [1.82, 2.24) is 15.6 Å². The van der Waals surface area contributed by atoms with Gasteiger partial charge in [0.25, 0.3) is 5.91 Å². The lowest BCUT2D eigenvalue weighted by molar-refractivity contribution is -0.126. The second kappa shape index (κ2) is 11.3. The highest BCUT2D eigenvalue weighted by Gasteiger charge is 2.27. The van der Waals surface area contributed by atoms with E-state index in [-0.39, 0.29) is 17.8 Å². The van der Waals surface area contributed by atoms with Gasteiger partial charge < -0.3 is 20.2 Å². The first-order chi connectivity index (χ1) is 16.5. The van der Waals surface area contributed by atoms with Gasteiger partial charge in [0.15, 0.2) is 6.10 Å². The van der Waals surface area contributed by atoms with Gasteiger partial charge in [-0.3, -0.25) is 10.1 Å². The molecular formula is C22H26F2N6O3S. The van der Waals surface area contributed by atoms with Gasteiger partial charge in [-0.1, -0.05) is 29.5 Å². The number of ether oxygens (including phenoxy) is 2. The van der Waals surface area contributed by atoms with Crippen LogP contribution in [0.2, 0.25) is 0 Å². The minimum Gasteiger partial charge on any atom is -0.435 e. The maximum absolute atomic E-state index is 12.7. The molecule has 1 aromatic heterocycles. The number of carbonyl (C=O) groups excluding carboxylic acids is 1. The van der Waals surface area contributed by atoms with Crippen LogP contribution in [0, 0.1) is 5.92 Å². The first kappa shape index (κ1) is 24.0. The number of rotatable bonds is 9. The summed E-state index contributed by atoms with van der Waals surface area (Å²) in [5.74, 6) is 0.00434. The molecule has 2 unspecified atom stereocenters. The summed E-state index contributed by atoms with van der Waals surface area (Å²) >= 11 is 1.23. The molecule has 182 valence electrons. The predicted octanol–water partition coefficient (Wildman–Crippen LogP) is 3.95. The van der Waals surface area contributed by atoms with Gasteiger partial charge in [-0.2, -0.15) is 13.9 Å². The summed E-state index contributed by atoms with van der Waals surface area (Å²) in [5.41, 5.74) is 3.54. The molecule has 2 atom stereocenters. The fourth-order valence-corrected chi connectivity index (χ4v) is 4.92. The Balaban J connectivity index is 1.29. The van der Waals surface area contributed by atoms with E-state index in [1.54, 1.807) is 12.3 Å². The lowest BCUT2D eigenvalue weighted by Gasteiger charge is -2.33. The number of nitrogens with one attached hydrogen (secondary N) is 3. The molecule has 0 spiro atoms. The van der Waals surface area contributed by atoms with Crippen LogP contribution in [0.4, 0.5) is 19.0 Å². The van der Waals surface area contributed by atoms with Gasteiger partial charge in [0.05, 0.1) is 6.04 Å². The average molecular weight is 493 g/mol. The molecule has 0 saturated heterocycles. The molecule has 0 bridgehead atoms. The molecule has 12 heteroatoms. The minimum absolute atomic E-state index is 0.0532. The summed E-state index contributed by atoms with van der Waals surface area (Å²) in [6, 6.07) is 6.41. The molecule has 1 amide bonds. The number of hydrogen-bond acceptors (Lipinski definition) is 9. The van der Waals surface area contributed by atoms with E-state index in [4.69, 9.17) is 4.74 Å². The number of alkyl halides is 2. The van der Waals surface area contributed by atoms with Crippen LogP contribution in [0.3, 0.4) is 0 Å². The van der Waals surface area contributed by atoms with Crippen molar-refractivity contribution >= 4 is 33.7 Å². The van der Waals surface area contributed by atoms with Crippen molar-refractivity contribution in [3.63, 3.8) is 0 Å². The summed E-state index contributed by atoms with van der Waals surface area (Å²) in [4.78, 5) is 12.7. The maximum Gasteiger partial charge on any atom is 0.387 e. The van der Waals surface area contributed by atoms with Gasteiger partial charge >= 0.3 is 6.61 Å². The molecule has 1 aromatic carbocycles. The van der Waals surface area contributed by atoms with Gasteiger partial charge in [0.2, 0.25) is 10.3 Å². The number of halogens is 2. The number of anilines is 2.